The molecular formula is C17H22BrNO2S. The van der Waals surface area contributed by atoms with Crippen LogP contribution in [0, 0.1) is 23.2 Å². The Morgan fingerprint density at radius 3 is 2.23 bits per heavy atom. The number of benzene rings is 1. The van der Waals surface area contributed by atoms with Crippen LogP contribution in [0.1, 0.15) is 38.5 Å². The van der Waals surface area contributed by atoms with Crippen molar-refractivity contribution in [2.45, 2.75) is 43.4 Å². The van der Waals surface area contributed by atoms with Crippen molar-refractivity contribution in [3.8, 4) is 0 Å². The third-order valence-corrected chi connectivity index (χ3v) is 7.80. The molecule has 0 aromatic heterocycles. The van der Waals surface area contributed by atoms with Crippen molar-refractivity contribution in [1.82, 2.24) is 4.72 Å². The summed E-state index contributed by atoms with van der Waals surface area (Å²) < 4.78 is 28.8. The molecule has 4 saturated carbocycles. The molecule has 1 aromatic carbocycles. The quantitative estimate of drug-likeness (QED) is 0.855. The van der Waals surface area contributed by atoms with E-state index >= 15 is 0 Å². The molecule has 0 radical (unpaired) electrons. The SMILES string of the molecule is O=S(=O)(NCC12CC3CC(CC(C3)C1)C2)c1cccc(Br)c1. The van der Waals surface area contributed by atoms with E-state index in [1.165, 1.54) is 38.5 Å². The van der Waals surface area contributed by atoms with Gasteiger partial charge in [-0.2, -0.15) is 0 Å². The van der Waals surface area contributed by atoms with E-state index in [1.54, 1.807) is 18.2 Å². The topological polar surface area (TPSA) is 46.2 Å². The van der Waals surface area contributed by atoms with Gasteiger partial charge in [-0.05, 0) is 79.9 Å². The predicted molar refractivity (Wildman–Crippen MR) is 89.9 cm³/mol. The smallest absolute Gasteiger partial charge is 0.211 e. The Balaban J connectivity index is 1.50. The summed E-state index contributed by atoms with van der Waals surface area (Å²) in [4.78, 5) is 0.353. The molecule has 0 aliphatic heterocycles. The molecule has 1 aromatic rings. The molecule has 4 aliphatic rings. The lowest BCUT2D eigenvalue weighted by Gasteiger charge is -2.56. The van der Waals surface area contributed by atoms with Crippen LogP contribution in [0.4, 0.5) is 0 Å². The van der Waals surface area contributed by atoms with Crippen molar-refractivity contribution < 1.29 is 8.42 Å². The van der Waals surface area contributed by atoms with Crippen molar-refractivity contribution in [1.29, 1.82) is 0 Å². The first kappa shape index (κ1) is 15.2. The lowest BCUT2D eigenvalue weighted by Crippen LogP contribution is -2.51. The molecule has 4 fully saturated rings. The maximum atomic E-state index is 12.5. The van der Waals surface area contributed by atoms with Gasteiger partial charge in [-0.15, -0.1) is 0 Å². The largest absolute Gasteiger partial charge is 0.240 e. The zero-order valence-electron chi connectivity index (χ0n) is 12.6. The zero-order valence-corrected chi connectivity index (χ0v) is 15.0. The normalized spacial score (nSPS) is 36.7. The van der Waals surface area contributed by atoms with Gasteiger partial charge >= 0.3 is 0 Å². The van der Waals surface area contributed by atoms with Crippen LogP contribution in [0.3, 0.4) is 0 Å². The van der Waals surface area contributed by atoms with Crippen LogP contribution in [0.25, 0.3) is 0 Å². The standard InChI is InChI=1S/C17H22BrNO2S/c18-15-2-1-3-16(7-15)22(20,21)19-11-17-8-12-4-13(9-17)6-14(5-12)10-17/h1-3,7,12-14,19H,4-6,8-11H2. The summed E-state index contributed by atoms with van der Waals surface area (Å²) in [5.74, 6) is 2.55. The Morgan fingerprint density at radius 1 is 1.09 bits per heavy atom. The van der Waals surface area contributed by atoms with Crippen molar-refractivity contribution in [3.63, 3.8) is 0 Å². The molecule has 0 heterocycles. The maximum Gasteiger partial charge on any atom is 0.240 e. The number of hydrogen-bond donors (Lipinski definition) is 1. The van der Waals surface area contributed by atoms with E-state index in [2.05, 4.69) is 20.7 Å². The van der Waals surface area contributed by atoms with Crippen LogP contribution in [0.2, 0.25) is 0 Å². The Bertz CT molecular complexity index is 650. The molecular weight excluding hydrogens is 362 g/mol. The van der Waals surface area contributed by atoms with Crippen molar-refractivity contribution in [2.75, 3.05) is 6.54 Å². The van der Waals surface area contributed by atoms with E-state index in [1.807, 2.05) is 6.07 Å². The van der Waals surface area contributed by atoms with Gasteiger partial charge in [0.1, 0.15) is 0 Å². The van der Waals surface area contributed by atoms with E-state index < -0.39 is 10.0 Å². The number of hydrogen-bond acceptors (Lipinski definition) is 2. The van der Waals surface area contributed by atoms with Crippen LogP contribution in [-0.2, 0) is 10.0 Å². The second-order valence-corrected chi connectivity index (χ2v) is 10.4. The molecule has 4 bridgehead atoms. The lowest BCUT2D eigenvalue weighted by molar-refractivity contribution is -0.0487. The zero-order chi connectivity index (χ0) is 15.4. The number of nitrogens with one attached hydrogen (secondary N) is 1. The van der Waals surface area contributed by atoms with Crippen LogP contribution in [-0.4, -0.2) is 15.0 Å². The van der Waals surface area contributed by atoms with Crippen LogP contribution in [0.15, 0.2) is 33.6 Å². The summed E-state index contributed by atoms with van der Waals surface area (Å²) in [7, 11) is -3.41. The monoisotopic (exact) mass is 383 g/mol. The highest BCUT2D eigenvalue weighted by Gasteiger charge is 2.50. The average molecular weight is 384 g/mol. The molecule has 5 rings (SSSR count). The highest BCUT2D eigenvalue weighted by atomic mass is 79.9. The third-order valence-electron chi connectivity index (χ3n) is 5.91. The third kappa shape index (κ3) is 2.76. The van der Waals surface area contributed by atoms with Gasteiger partial charge < -0.3 is 0 Å². The summed E-state index contributed by atoms with van der Waals surface area (Å²) in [6.07, 6.45) is 7.83. The van der Waals surface area contributed by atoms with E-state index in [0.29, 0.717) is 11.4 Å². The number of rotatable bonds is 4. The summed E-state index contributed by atoms with van der Waals surface area (Å²) in [6, 6.07) is 6.94. The second kappa shape index (κ2) is 5.32. The Kier molecular flexibility index (Phi) is 3.66. The molecule has 4 aliphatic carbocycles. The minimum absolute atomic E-state index is 0.230. The fourth-order valence-electron chi connectivity index (χ4n) is 5.47. The van der Waals surface area contributed by atoms with Crippen LogP contribution >= 0.6 is 15.9 Å². The van der Waals surface area contributed by atoms with Gasteiger partial charge in [-0.3, -0.25) is 0 Å². The lowest BCUT2D eigenvalue weighted by atomic mass is 9.50. The summed E-state index contributed by atoms with van der Waals surface area (Å²) >= 11 is 3.34. The molecule has 0 amide bonds. The van der Waals surface area contributed by atoms with Gasteiger partial charge in [0.05, 0.1) is 4.90 Å². The van der Waals surface area contributed by atoms with Gasteiger partial charge in [-0.1, -0.05) is 22.0 Å². The summed E-state index contributed by atoms with van der Waals surface area (Å²) in [6.45, 7) is 0.616. The predicted octanol–water partition coefficient (Wildman–Crippen LogP) is 3.94. The molecule has 1 N–H and O–H groups in total. The minimum Gasteiger partial charge on any atom is -0.211 e. The molecule has 0 unspecified atom stereocenters. The van der Waals surface area contributed by atoms with Gasteiger partial charge in [0.25, 0.3) is 0 Å². The maximum absolute atomic E-state index is 12.5. The minimum atomic E-state index is -3.41. The van der Waals surface area contributed by atoms with E-state index in [-0.39, 0.29) is 5.41 Å². The molecule has 5 heteroatoms. The van der Waals surface area contributed by atoms with Gasteiger partial charge in [0.15, 0.2) is 0 Å². The van der Waals surface area contributed by atoms with Gasteiger partial charge in [-0.25, -0.2) is 13.1 Å². The first-order valence-electron chi connectivity index (χ1n) is 8.19. The second-order valence-electron chi connectivity index (χ2n) is 7.70. The summed E-state index contributed by atoms with van der Waals surface area (Å²) in [5, 5.41) is 0. The Morgan fingerprint density at radius 2 is 1.68 bits per heavy atom. The van der Waals surface area contributed by atoms with E-state index in [4.69, 9.17) is 0 Å². The van der Waals surface area contributed by atoms with Crippen molar-refractivity contribution in [2.24, 2.45) is 23.2 Å². The highest BCUT2D eigenvalue weighted by molar-refractivity contribution is 9.10. The Labute approximate surface area is 141 Å². The molecule has 120 valence electrons. The average Bonchev–Trinajstić information content (AvgIpc) is 2.44. The first-order chi connectivity index (χ1) is 10.4. The fourth-order valence-corrected chi connectivity index (χ4v) is 7.23. The van der Waals surface area contributed by atoms with Gasteiger partial charge in [0.2, 0.25) is 10.0 Å². The molecule has 0 saturated heterocycles. The van der Waals surface area contributed by atoms with Crippen LogP contribution < -0.4 is 4.72 Å². The first-order valence-corrected chi connectivity index (χ1v) is 10.5. The molecule has 3 nitrogen and oxygen atoms in total. The highest BCUT2D eigenvalue weighted by Crippen LogP contribution is 2.59. The number of sulfonamides is 1. The Hall–Kier alpha value is -0.390. The fraction of sp³-hybridized carbons (Fsp3) is 0.647. The van der Waals surface area contributed by atoms with Crippen LogP contribution in [0.5, 0.6) is 0 Å². The van der Waals surface area contributed by atoms with Crippen molar-refractivity contribution in [3.05, 3.63) is 28.7 Å². The van der Waals surface area contributed by atoms with E-state index in [9.17, 15) is 8.42 Å². The number of halogens is 1. The van der Waals surface area contributed by atoms with Crippen molar-refractivity contribution >= 4 is 26.0 Å². The summed E-state index contributed by atoms with van der Waals surface area (Å²) in [5.41, 5.74) is 0.230. The molecule has 0 atom stereocenters. The van der Waals surface area contributed by atoms with E-state index in [0.717, 1.165) is 22.2 Å². The molecule has 0 spiro atoms. The van der Waals surface area contributed by atoms with Gasteiger partial charge in [0, 0.05) is 11.0 Å². The molecule has 22 heavy (non-hydrogen) atoms.